The third kappa shape index (κ3) is 5.04. The first-order valence-corrected chi connectivity index (χ1v) is 11.2. The normalized spacial score (nSPS) is 19.3. The summed E-state index contributed by atoms with van der Waals surface area (Å²) in [5.41, 5.74) is 2.29. The van der Waals surface area contributed by atoms with Crippen molar-refractivity contribution in [2.45, 2.75) is 58.4 Å². The topological polar surface area (TPSA) is 62.5 Å². The Bertz CT molecular complexity index is 785. The first-order valence-electron chi connectivity index (χ1n) is 11.2. The Morgan fingerprint density at radius 1 is 1.03 bits per heavy atom. The van der Waals surface area contributed by atoms with Crippen molar-refractivity contribution in [3.05, 3.63) is 35.7 Å². The van der Waals surface area contributed by atoms with Crippen LogP contribution >= 0.6 is 0 Å². The largest absolute Gasteiger partial charge is 0.342 e. The van der Waals surface area contributed by atoms with Gasteiger partial charge in [0.25, 0.3) is 0 Å². The van der Waals surface area contributed by atoms with E-state index in [-0.39, 0.29) is 5.92 Å². The van der Waals surface area contributed by atoms with Crippen LogP contribution in [0.3, 0.4) is 0 Å². The highest BCUT2D eigenvalue weighted by Gasteiger charge is 2.29. The molecular weight excluding hydrogens is 364 g/mol. The number of hydrogen-bond donors (Lipinski definition) is 0. The van der Waals surface area contributed by atoms with E-state index in [0.29, 0.717) is 24.2 Å². The Balaban J connectivity index is 1.28. The standard InChI is InChI=1S/C23H32N4O2/c1-2-18-7-9-19(10-8-18)22-24-21(29-25-22)17-26-15-11-20(12-16-26)23(28)27-13-5-3-4-6-14-27/h7-10,20H,2-6,11-17H2,1H3. The molecule has 0 saturated carbocycles. The summed E-state index contributed by atoms with van der Waals surface area (Å²) < 4.78 is 5.48. The van der Waals surface area contributed by atoms with E-state index in [1.807, 2.05) is 12.1 Å². The highest BCUT2D eigenvalue weighted by Crippen LogP contribution is 2.23. The van der Waals surface area contributed by atoms with Crippen molar-refractivity contribution in [2.75, 3.05) is 26.2 Å². The summed E-state index contributed by atoms with van der Waals surface area (Å²) in [4.78, 5) is 21.9. The van der Waals surface area contributed by atoms with Gasteiger partial charge in [-0.3, -0.25) is 9.69 Å². The van der Waals surface area contributed by atoms with Gasteiger partial charge in [-0.15, -0.1) is 0 Å². The first kappa shape index (κ1) is 20.1. The minimum absolute atomic E-state index is 0.180. The van der Waals surface area contributed by atoms with Crippen molar-refractivity contribution < 1.29 is 9.32 Å². The molecule has 156 valence electrons. The van der Waals surface area contributed by atoms with Crippen molar-refractivity contribution in [3.8, 4) is 11.4 Å². The number of carbonyl (C=O) groups is 1. The molecule has 2 saturated heterocycles. The average molecular weight is 397 g/mol. The monoisotopic (exact) mass is 396 g/mol. The molecule has 1 aromatic heterocycles. The number of hydrogen-bond acceptors (Lipinski definition) is 5. The lowest BCUT2D eigenvalue weighted by Crippen LogP contribution is -2.42. The first-order chi connectivity index (χ1) is 14.2. The molecular formula is C23H32N4O2. The molecule has 6 heteroatoms. The molecule has 0 N–H and O–H groups in total. The fraction of sp³-hybridized carbons (Fsp3) is 0.609. The fourth-order valence-corrected chi connectivity index (χ4v) is 4.40. The van der Waals surface area contributed by atoms with Crippen LogP contribution in [-0.2, 0) is 17.8 Å². The van der Waals surface area contributed by atoms with Crippen LogP contribution in [0, 0.1) is 5.92 Å². The SMILES string of the molecule is CCc1ccc(-c2noc(CN3CCC(C(=O)N4CCCCCC4)CC3)n2)cc1. The minimum atomic E-state index is 0.180. The van der Waals surface area contributed by atoms with Gasteiger partial charge in [0.05, 0.1) is 6.54 Å². The lowest BCUT2D eigenvalue weighted by Gasteiger charge is -2.33. The summed E-state index contributed by atoms with van der Waals surface area (Å²) in [5.74, 6) is 1.85. The van der Waals surface area contributed by atoms with Crippen molar-refractivity contribution in [1.29, 1.82) is 0 Å². The van der Waals surface area contributed by atoms with Crippen LogP contribution in [-0.4, -0.2) is 52.0 Å². The molecule has 0 bridgehead atoms. The number of piperidine rings is 1. The highest BCUT2D eigenvalue weighted by atomic mass is 16.5. The molecule has 3 heterocycles. The van der Waals surface area contributed by atoms with Gasteiger partial charge in [0.1, 0.15) is 0 Å². The molecule has 6 nitrogen and oxygen atoms in total. The van der Waals surface area contributed by atoms with E-state index >= 15 is 0 Å². The van der Waals surface area contributed by atoms with E-state index < -0.39 is 0 Å². The minimum Gasteiger partial charge on any atom is -0.342 e. The summed E-state index contributed by atoms with van der Waals surface area (Å²) in [5, 5.41) is 4.15. The van der Waals surface area contributed by atoms with Gasteiger partial charge in [-0.25, -0.2) is 0 Å². The van der Waals surface area contributed by atoms with Gasteiger partial charge in [0.15, 0.2) is 0 Å². The van der Waals surface area contributed by atoms with Crippen LogP contribution in [0.15, 0.2) is 28.8 Å². The van der Waals surface area contributed by atoms with Crippen molar-refractivity contribution in [2.24, 2.45) is 5.92 Å². The van der Waals surface area contributed by atoms with Crippen LogP contribution < -0.4 is 0 Å². The third-order valence-electron chi connectivity index (χ3n) is 6.30. The second-order valence-electron chi connectivity index (χ2n) is 8.35. The molecule has 1 aromatic carbocycles. The number of aryl methyl sites for hydroxylation is 1. The summed E-state index contributed by atoms with van der Waals surface area (Å²) >= 11 is 0. The molecule has 1 amide bonds. The number of benzene rings is 1. The smallest absolute Gasteiger partial charge is 0.241 e. The predicted octanol–water partition coefficient (Wildman–Crippen LogP) is 3.91. The van der Waals surface area contributed by atoms with E-state index in [9.17, 15) is 4.79 Å². The molecule has 0 unspecified atom stereocenters. The Kier molecular flexibility index (Phi) is 6.60. The Morgan fingerprint density at radius 2 is 1.72 bits per heavy atom. The van der Waals surface area contributed by atoms with E-state index in [0.717, 1.165) is 63.8 Å². The summed E-state index contributed by atoms with van der Waals surface area (Å²) in [6, 6.07) is 8.32. The van der Waals surface area contributed by atoms with Crippen LogP contribution in [0.1, 0.15) is 56.9 Å². The zero-order valence-corrected chi connectivity index (χ0v) is 17.5. The number of carbonyl (C=O) groups excluding carboxylic acids is 1. The average Bonchev–Trinajstić information content (AvgIpc) is 3.06. The van der Waals surface area contributed by atoms with Gasteiger partial charge in [-0.05, 0) is 50.8 Å². The summed E-state index contributed by atoms with van der Waals surface area (Å²) in [6.45, 7) is 6.52. The van der Waals surface area contributed by atoms with Gasteiger partial charge < -0.3 is 9.42 Å². The maximum absolute atomic E-state index is 12.8. The number of amides is 1. The molecule has 0 aliphatic carbocycles. The Hall–Kier alpha value is -2.21. The lowest BCUT2D eigenvalue weighted by molar-refractivity contribution is -0.137. The van der Waals surface area contributed by atoms with Gasteiger partial charge in [-0.2, -0.15) is 4.98 Å². The molecule has 2 aliphatic heterocycles. The zero-order chi connectivity index (χ0) is 20.1. The second kappa shape index (κ2) is 9.53. The van der Waals surface area contributed by atoms with Crippen LogP contribution in [0.4, 0.5) is 0 Å². The number of aromatic nitrogens is 2. The molecule has 2 aliphatic rings. The molecule has 0 radical (unpaired) electrons. The van der Waals surface area contributed by atoms with Gasteiger partial charge in [0.2, 0.25) is 17.6 Å². The zero-order valence-electron chi connectivity index (χ0n) is 17.5. The van der Waals surface area contributed by atoms with E-state index in [4.69, 9.17) is 4.52 Å². The van der Waals surface area contributed by atoms with Crippen molar-refractivity contribution in [1.82, 2.24) is 19.9 Å². The summed E-state index contributed by atoms with van der Waals surface area (Å²) in [7, 11) is 0. The molecule has 0 atom stereocenters. The molecule has 2 aromatic rings. The summed E-state index contributed by atoms with van der Waals surface area (Å²) in [6.07, 6.45) is 7.71. The number of nitrogens with zero attached hydrogens (tertiary/aromatic N) is 4. The van der Waals surface area contributed by atoms with E-state index in [2.05, 4.69) is 39.0 Å². The number of rotatable bonds is 5. The van der Waals surface area contributed by atoms with Crippen LogP contribution in [0.5, 0.6) is 0 Å². The van der Waals surface area contributed by atoms with E-state index in [1.54, 1.807) is 0 Å². The highest BCUT2D eigenvalue weighted by molar-refractivity contribution is 5.79. The molecule has 4 rings (SSSR count). The second-order valence-corrected chi connectivity index (χ2v) is 8.35. The van der Waals surface area contributed by atoms with Crippen LogP contribution in [0.2, 0.25) is 0 Å². The van der Waals surface area contributed by atoms with Crippen molar-refractivity contribution in [3.63, 3.8) is 0 Å². The molecule has 2 fully saturated rings. The van der Waals surface area contributed by atoms with Crippen LogP contribution in [0.25, 0.3) is 11.4 Å². The third-order valence-corrected chi connectivity index (χ3v) is 6.30. The Morgan fingerprint density at radius 3 is 2.38 bits per heavy atom. The fourth-order valence-electron chi connectivity index (χ4n) is 4.40. The maximum Gasteiger partial charge on any atom is 0.241 e. The number of likely N-dealkylation sites (tertiary alicyclic amines) is 2. The van der Waals surface area contributed by atoms with E-state index in [1.165, 1.54) is 18.4 Å². The maximum atomic E-state index is 12.8. The Labute approximate surface area is 173 Å². The predicted molar refractivity (Wildman–Crippen MR) is 112 cm³/mol. The quantitative estimate of drug-likeness (QED) is 0.767. The van der Waals surface area contributed by atoms with Gasteiger partial charge >= 0.3 is 0 Å². The molecule has 29 heavy (non-hydrogen) atoms. The van der Waals surface area contributed by atoms with Gasteiger partial charge in [-0.1, -0.05) is 49.2 Å². The lowest BCUT2D eigenvalue weighted by atomic mass is 9.95. The molecule has 0 spiro atoms. The van der Waals surface area contributed by atoms with Gasteiger partial charge in [0, 0.05) is 24.6 Å². The van der Waals surface area contributed by atoms with Crippen molar-refractivity contribution >= 4 is 5.91 Å².